The van der Waals surface area contributed by atoms with E-state index in [1.165, 1.54) is 31.4 Å². The summed E-state index contributed by atoms with van der Waals surface area (Å²) in [6, 6.07) is 5.85. The van der Waals surface area contributed by atoms with Crippen LogP contribution in [-0.4, -0.2) is 54.5 Å². The van der Waals surface area contributed by atoms with Gasteiger partial charge in [0.15, 0.2) is 0 Å². The topological polar surface area (TPSA) is 35.6 Å². The standard InChI is InChI=1S/C20H28F3N3O/c21-20(22,23)17-6-4-5-16(13-17)14-25-9-11-26(12-10-25)15-19(27)24-18-7-2-1-3-8-18/h4-6,13,18H,1-3,7-12,14-15H2,(H,24,27). The molecule has 1 heterocycles. The predicted molar refractivity (Wildman–Crippen MR) is 98.2 cm³/mol. The van der Waals surface area contributed by atoms with Gasteiger partial charge in [-0.25, -0.2) is 0 Å². The van der Waals surface area contributed by atoms with Crippen LogP contribution in [0.2, 0.25) is 0 Å². The minimum atomic E-state index is -4.31. The lowest BCUT2D eigenvalue weighted by Gasteiger charge is -2.34. The molecule has 0 bridgehead atoms. The molecular formula is C20H28F3N3O. The van der Waals surface area contributed by atoms with Crippen molar-refractivity contribution in [3.05, 3.63) is 35.4 Å². The van der Waals surface area contributed by atoms with Gasteiger partial charge in [-0.2, -0.15) is 13.2 Å². The smallest absolute Gasteiger partial charge is 0.352 e. The van der Waals surface area contributed by atoms with Crippen molar-refractivity contribution in [3.63, 3.8) is 0 Å². The maximum absolute atomic E-state index is 12.8. The number of rotatable bonds is 5. The van der Waals surface area contributed by atoms with Gasteiger partial charge in [0.25, 0.3) is 0 Å². The zero-order chi connectivity index (χ0) is 19.3. The lowest BCUT2D eigenvalue weighted by atomic mass is 9.95. The fourth-order valence-electron chi connectivity index (χ4n) is 3.93. The third-order valence-electron chi connectivity index (χ3n) is 5.46. The van der Waals surface area contributed by atoms with E-state index in [9.17, 15) is 18.0 Å². The van der Waals surface area contributed by atoms with Gasteiger partial charge in [0.1, 0.15) is 0 Å². The second-order valence-electron chi connectivity index (χ2n) is 7.65. The number of nitrogens with one attached hydrogen (secondary N) is 1. The summed E-state index contributed by atoms with van der Waals surface area (Å²) in [6.07, 6.45) is 1.51. The lowest BCUT2D eigenvalue weighted by Crippen LogP contribution is -2.50. The fraction of sp³-hybridized carbons (Fsp3) is 0.650. The van der Waals surface area contributed by atoms with Gasteiger partial charge >= 0.3 is 6.18 Å². The number of nitrogens with zero attached hydrogens (tertiary/aromatic N) is 2. The van der Waals surface area contributed by atoms with E-state index in [4.69, 9.17) is 0 Å². The Morgan fingerprint density at radius 2 is 1.70 bits per heavy atom. The van der Waals surface area contributed by atoms with E-state index in [-0.39, 0.29) is 5.91 Å². The first-order chi connectivity index (χ1) is 12.9. The molecule has 150 valence electrons. The third-order valence-corrected chi connectivity index (χ3v) is 5.46. The monoisotopic (exact) mass is 383 g/mol. The summed E-state index contributed by atoms with van der Waals surface area (Å²) in [4.78, 5) is 16.5. The molecule has 1 aliphatic heterocycles. The van der Waals surface area contributed by atoms with Gasteiger partial charge in [0.2, 0.25) is 5.91 Å². The molecule has 1 aromatic rings. The normalized spacial score (nSPS) is 20.6. The number of piperazine rings is 1. The van der Waals surface area contributed by atoms with Crippen LogP contribution >= 0.6 is 0 Å². The summed E-state index contributed by atoms with van der Waals surface area (Å²) in [5.41, 5.74) is 0.0753. The van der Waals surface area contributed by atoms with Crippen LogP contribution in [0.25, 0.3) is 0 Å². The molecular weight excluding hydrogens is 355 g/mol. The largest absolute Gasteiger partial charge is 0.416 e. The summed E-state index contributed by atoms with van der Waals surface area (Å²) < 4.78 is 38.5. The second kappa shape index (κ2) is 9.06. The average Bonchev–Trinajstić information content (AvgIpc) is 2.64. The van der Waals surface area contributed by atoms with Crippen molar-refractivity contribution in [2.45, 2.75) is 50.9 Å². The summed E-state index contributed by atoms with van der Waals surface area (Å²) >= 11 is 0. The first-order valence-corrected chi connectivity index (χ1v) is 9.80. The van der Waals surface area contributed by atoms with Gasteiger partial charge in [0, 0.05) is 38.8 Å². The Morgan fingerprint density at radius 1 is 1.04 bits per heavy atom. The third kappa shape index (κ3) is 6.21. The number of hydrogen-bond donors (Lipinski definition) is 1. The highest BCUT2D eigenvalue weighted by Gasteiger charge is 2.30. The molecule has 1 N–H and O–H groups in total. The molecule has 0 unspecified atom stereocenters. The zero-order valence-electron chi connectivity index (χ0n) is 15.6. The minimum Gasteiger partial charge on any atom is -0.352 e. The Labute approximate surface area is 158 Å². The van der Waals surface area contributed by atoms with E-state index in [0.717, 1.165) is 45.1 Å². The van der Waals surface area contributed by atoms with Gasteiger partial charge in [-0.1, -0.05) is 37.5 Å². The molecule has 1 aliphatic carbocycles. The summed E-state index contributed by atoms with van der Waals surface area (Å²) in [6.45, 7) is 3.95. The van der Waals surface area contributed by atoms with Crippen molar-refractivity contribution < 1.29 is 18.0 Å². The van der Waals surface area contributed by atoms with Gasteiger partial charge in [-0.05, 0) is 24.5 Å². The first kappa shape index (κ1) is 20.1. The molecule has 3 rings (SSSR count). The molecule has 27 heavy (non-hydrogen) atoms. The molecule has 0 radical (unpaired) electrons. The Kier molecular flexibility index (Phi) is 6.76. The molecule has 2 fully saturated rings. The van der Waals surface area contributed by atoms with E-state index in [2.05, 4.69) is 15.1 Å². The number of benzene rings is 1. The molecule has 1 amide bonds. The van der Waals surface area contributed by atoms with Crippen LogP contribution in [0.1, 0.15) is 43.2 Å². The maximum atomic E-state index is 12.8. The first-order valence-electron chi connectivity index (χ1n) is 9.80. The van der Waals surface area contributed by atoms with Crippen molar-refractivity contribution in [2.24, 2.45) is 0 Å². The van der Waals surface area contributed by atoms with Crippen molar-refractivity contribution in [3.8, 4) is 0 Å². The fourth-order valence-corrected chi connectivity index (χ4v) is 3.93. The van der Waals surface area contributed by atoms with Gasteiger partial charge in [-0.15, -0.1) is 0 Å². The average molecular weight is 383 g/mol. The Bertz CT molecular complexity index is 621. The summed E-state index contributed by atoms with van der Waals surface area (Å²) in [7, 11) is 0. The van der Waals surface area contributed by atoms with Crippen LogP contribution < -0.4 is 5.32 Å². The SMILES string of the molecule is O=C(CN1CCN(Cc2cccc(C(F)(F)F)c2)CC1)NC1CCCCC1. The van der Waals surface area contributed by atoms with Gasteiger partial charge in [0.05, 0.1) is 12.1 Å². The van der Waals surface area contributed by atoms with Crippen LogP contribution in [0.4, 0.5) is 13.2 Å². The Balaban J connectivity index is 1.42. The second-order valence-corrected chi connectivity index (χ2v) is 7.65. The number of carbonyl (C=O) groups excluding carboxylic acids is 1. The molecule has 0 aromatic heterocycles. The molecule has 2 aliphatic rings. The maximum Gasteiger partial charge on any atom is 0.416 e. The van der Waals surface area contributed by atoms with Crippen molar-refractivity contribution in [2.75, 3.05) is 32.7 Å². The van der Waals surface area contributed by atoms with Crippen LogP contribution in [0.3, 0.4) is 0 Å². The van der Waals surface area contributed by atoms with Crippen LogP contribution in [0.5, 0.6) is 0 Å². The minimum absolute atomic E-state index is 0.0910. The van der Waals surface area contributed by atoms with E-state index in [1.54, 1.807) is 6.07 Å². The Hall–Kier alpha value is -1.60. The van der Waals surface area contributed by atoms with Crippen molar-refractivity contribution in [1.29, 1.82) is 0 Å². The van der Waals surface area contributed by atoms with Crippen LogP contribution in [0, 0.1) is 0 Å². The highest BCUT2D eigenvalue weighted by Crippen LogP contribution is 2.29. The number of carbonyl (C=O) groups is 1. The number of hydrogen-bond acceptors (Lipinski definition) is 3. The van der Waals surface area contributed by atoms with Crippen LogP contribution in [0.15, 0.2) is 24.3 Å². The summed E-state index contributed by atoms with van der Waals surface area (Å²) in [5.74, 6) is 0.0910. The van der Waals surface area contributed by atoms with Crippen LogP contribution in [-0.2, 0) is 17.5 Å². The number of halogens is 3. The highest BCUT2D eigenvalue weighted by atomic mass is 19.4. The van der Waals surface area contributed by atoms with Gasteiger partial charge < -0.3 is 5.32 Å². The quantitative estimate of drug-likeness (QED) is 0.848. The molecule has 0 atom stereocenters. The lowest BCUT2D eigenvalue weighted by molar-refractivity contribution is -0.137. The summed E-state index contributed by atoms with van der Waals surface area (Å²) in [5, 5.41) is 3.14. The molecule has 0 spiro atoms. The van der Waals surface area contributed by atoms with Gasteiger partial charge in [-0.3, -0.25) is 14.6 Å². The van der Waals surface area contributed by atoms with E-state index >= 15 is 0 Å². The van der Waals surface area contributed by atoms with E-state index in [1.807, 2.05) is 0 Å². The number of amides is 1. The van der Waals surface area contributed by atoms with E-state index in [0.29, 0.717) is 24.7 Å². The van der Waals surface area contributed by atoms with Crippen molar-refractivity contribution in [1.82, 2.24) is 15.1 Å². The molecule has 7 heteroatoms. The van der Waals surface area contributed by atoms with E-state index < -0.39 is 11.7 Å². The molecule has 1 saturated carbocycles. The number of alkyl halides is 3. The molecule has 1 aromatic carbocycles. The predicted octanol–water partition coefficient (Wildman–Crippen LogP) is 3.27. The Morgan fingerprint density at radius 3 is 2.37 bits per heavy atom. The highest BCUT2D eigenvalue weighted by molar-refractivity contribution is 5.78. The molecule has 1 saturated heterocycles. The van der Waals surface area contributed by atoms with Crippen molar-refractivity contribution >= 4 is 5.91 Å². The molecule has 4 nitrogen and oxygen atoms in total. The zero-order valence-corrected chi connectivity index (χ0v) is 15.6.